The number of aryl methyl sites for hydroxylation is 1. The molecule has 0 aliphatic carbocycles. The lowest BCUT2D eigenvalue weighted by atomic mass is 10.0. The molecule has 0 aliphatic rings. The minimum Gasteiger partial charge on any atom is -0.507 e. The number of aromatic nitrogens is 1. The first-order valence-corrected chi connectivity index (χ1v) is 8.22. The monoisotopic (exact) mass is 339 g/mol. The van der Waals surface area contributed by atoms with E-state index >= 15 is 0 Å². The van der Waals surface area contributed by atoms with Crippen molar-refractivity contribution in [2.75, 3.05) is 12.5 Å². The van der Waals surface area contributed by atoms with E-state index in [1.807, 2.05) is 48.7 Å². The molecule has 0 atom stereocenters. The smallest absolute Gasteiger partial charge is 0.203 e. The zero-order valence-electron chi connectivity index (χ0n) is 13.4. The lowest BCUT2D eigenvalue weighted by Gasteiger charge is -2.06. The molecule has 0 aliphatic heterocycles. The molecule has 0 saturated carbocycles. The molecular formula is C18H17N3O2S. The Hall–Kier alpha value is -2.86. The minimum absolute atomic E-state index is 0.174. The number of hydrogen-bond donors (Lipinski definition) is 2. The molecule has 2 aromatic carbocycles. The Morgan fingerprint density at radius 1 is 1.17 bits per heavy atom. The number of anilines is 1. The normalized spacial score (nSPS) is 10.9. The molecule has 0 saturated heterocycles. The predicted molar refractivity (Wildman–Crippen MR) is 98.2 cm³/mol. The molecule has 0 unspecified atom stereocenters. The third kappa shape index (κ3) is 3.72. The molecule has 3 aromatic rings. The zero-order valence-corrected chi connectivity index (χ0v) is 14.2. The summed E-state index contributed by atoms with van der Waals surface area (Å²) >= 11 is 1.48. The SMILES string of the molecule is COc1ccc(-c2ccc(O)c(C=NNc3nc(C)cs3)c2)cc1. The number of aromatic hydroxyl groups is 1. The number of hydrazone groups is 1. The van der Waals surface area contributed by atoms with Gasteiger partial charge in [0.05, 0.1) is 19.0 Å². The molecular weight excluding hydrogens is 322 g/mol. The van der Waals surface area contributed by atoms with E-state index in [9.17, 15) is 5.11 Å². The van der Waals surface area contributed by atoms with Gasteiger partial charge in [-0.2, -0.15) is 5.10 Å². The summed E-state index contributed by atoms with van der Waals surface area (Å²) in [5.74, 6) is 0.982. The van der Waals surface area contributed by atoms with E-state index in [4.69, 9.17) is 4.74 Å². The van der Waals surface area contributed by atoms with Gasteiger partial charge in [0.1, 0.15) is 11.5 Å². The lowest BCUT2D eigenvalue weighted by Crippen LogP contribution is -1.91. The van der Waals surface area contributed by atoms with Crippen LogP contribution in [0.3, 0.4) is 0 Å². The van der Waals surface area contributed by atoms with Gasteiger partial charge in [-0.3, -0.25) is 5.43 Å². The number of rotatable bonds is 5. The molecule has 1 heterocycles. The highest BCUT2D eigenvalue weighted by molar-refractivity contribution is 7.13. The van der Waals surface area contributed by atoms with Crippen LogP contribution in [0.2, 0.25) is 0 Å². The van der Waals surface area contributed by atoms with Crippen molar-refractivity contribution in [1.82, 2.24) is 4.98 Å². The molecule has 0 amide bonds. The number of nitrogens with zero attached hydrogens (tertiary/aromatic N) is 2. The fourth-order valence-electron chi connectivity index (χ4n) is 2.18. The molecule has 1 aromatic heterocycles. The van der Waals surface area contributed by atoms with Crippen molar-refractivity contribution < 1.29 is 9.84 Å². The summed E-state index contributed by atoms with van der Waals surface area (Å²) in [6, 6.07) is 13.2. The van der Waals surface area contributed by atoms with Crippen LogP contribution in [-0.2, 0) is 0 Å². The van der Waals surface area contributed by atoms with Crippen LogP contribution in [0.25, 0.3) is 11.1 Å². The second kappa shape index (κ2) is 7.14. The van der Waals surface area contributed by atoms with Crippen LogP contribution >= 0.6 is 11.3 Å². The number of phenols is 1. The Morgan fingerprint density at radius 2 is 1.92 bits per heavy atom. The van der Waals surface area contributed by atoms with E-state index in [1.165, 1.54) is 11.3 Å². The number of hydrogen-bond acceptors (Lipinski definition) is 6. The van der Waals surface area contributed by atoms with Crippen molar-refractivity contribution in [2.45, 2.75) is 6.92 Å². The summed E-state index contributed by atoms with van der Waals surface area (Å²) < 4.78 is 5.17. The molecule has 0 bridgehead atoms. The van der Waals surface area contributed by atoms with Crippen molar-refractivity contribution in [1.29, 1.82) is 0 Å². The van der Waals surface area contributed by atoms with Gasteiger partial charge >= 0.3 is 0 Å². The van der Waals surface area contributed by atoms with Gasteiger partial charge in [-0.15, -0.1) is 11.3 Å². The van der Waals surface area contributed by atoms with E-state index < -0.39 is 0 Å². The zero-order chi connectivity index (χ0) is 16.9. The van der Waals surface area contributed by atoms with Crippen molar-refractivity contribution >= 4 is 22.7 Å². The van der Waals surface area contributed by atoms with Crippen LogP contribution < -0.4 is 10.2 Å². The Morgan fingerprint density at radius 3 is 2.58 bits per heavy atom. The van der Waals surface area contributed by atoms with Crippen molar-refractivity contribution in [3.05, 3.63) is 59.1 Å². The third-order valence-corrected chi connectivity index (χ3v) is 4.30. The highest BCUT2D eigenvalue weighted by atomic mass is 32.1. The molecule has 2 N–H and O–H groups in total. The van der Waals surface area contributed by atoms with Crippen LogP contribution in [0.1, 0.15) is 11.3 Å². The molecule has 6 heteroatoms. The summed E-state index contributed by atoms with van der Waals surface area (Å²) in [6.07, 6.45) is 1.58. The molecule has 0 radical (unpaired) electrons. The topological polar surface area (TPSA) is 66.7 Å². The van der Waals surface area contributed by atoms with Gasteiger partial charge in [0, 0.05) is 10.9 Å². The summed E-state index contributed by atoms with van der Waals surface area (Å²) in [7, 11) is 1.64. The van der Waals surface area contributed by atoms with Crippen LogP contribution in [0.5, 0.6) is 11.5 Å². The third-order valence-electron chi connectivity index (χ3n) is 3.43. The molecule has 5 nitrogen and oxygen atoms in total. The summed E-state index contributed by atoms with van der Waals surface area (Å²) in [5, 5.41) is 16.8. The summed E-state index contributed by atoms with van der Waals surface area (Å²) in [4.78, 5) is 4.27. The molecule has 122 valence electrons. The van der Waals surface area contributed by atoms with E-state index in [0.29, 0.717) is 5.56 Å². The number of ether oxygens (including phenoxy) is 1. The van der Waals surface area contributed by atoms with Crippen molar-refractivity contribution in [3.8, 4) is 22.6 Å². The number of benzene rings is 2. The standard InChI is InChI=1S/C18H17N3O2S/c1-12-11-24-18(20-12)21-19-10-15-9-14(5-8-17(15)22)13-3-6-16(23-2)7-4-13/h3-11,22H,1-2H3,(H,20,21). The minimum atomic E-state index is 0.174. The lowest BCUT2D eigenvalue weighted by molar-refractivity contribution is 0.415. The quantitative estimate of drug-likeness (QED) is 0.538. The maximum atomic E-state index is 10.0. The van der Waals surface area contributed by atoms with Gasteiger partial charge in [-0.05, 0) is 42.3 Å². The highest BCUT2D eigenvalue weighted by Crippen LogP contribution is 2.26. The van der Waals surface area contributed by atoms with Gasteiger partial charge in [-0.1, -0.05) is 18.2 Å². The predicted octanol–water partition coefficient (Wildman–Crippen LogP) is 4.28. The molecule has 0 spiro atoms. The summed E-state index contributed by atoms with van der Waals surface area (Å²) in [5.41, 5.74) is 6.46. The van der Waals surface area contributed by atoms with Gasteiger partial charge in [0.25, 0.3) is 0 Å². The van der Waals surface area contributed by atoms with Crippen molar-refractivity contribution in [3.63, 3.8) is 0 Å². The van der Waals surface area contributed by atoms with E-state index in [-0.39, 0.29) is 5.75 Å². The van der Waals surface area contributed by atoms with Crippen LogP contribution in [0, 0.1) is 6.92 Å². The fourth-order valence-corrected chi connectivity index (χ4v) is 2.82. The number of methoxy groups -OCH3 is 1. The second-order valence-corrected chi connectivity index (χ2v) is 6.02. The van der Waals surface area contributed by atoms with Crippen LogP contribution in [0.15, 0.2) is 52.9 Å². The second-order valence-electron chi connectivity index (χ2n) is 5.17. The van der Waals surface area contributed by atoms with Gasteiger partial charge < -0.3 is 9.84 Å². The van der Waals surface area contributed by atoms with Gasteiger partial charge in [0.15, 0.2) is 0 Å². The average Bonchev–Trinajstić information content (AvgIpc) is 3.02. The first-order valence-electron chi connectivity index (χ1n) is 7.34. The molecule has 3 rings (SSSR count). The summed E-state index contributed by atoms with van der Waals surface area (Å²) in [6.45, 7) is 1.93. The Bertz CT molecular complexity index is 857. The first-order chi connectivity index (χ1) is 11.7. The van der Waals surface area contributed by atoms with Crippen LogP contribution in [0.4, 0.5) is 5.13 Å². The molecule has 24 heavy (non-hydrogen) atoms. The average molecular weight is 339 g/mol. The van der Waals surface area contributed by atoms with Crippen molar-refractivity contribution in [2.24, 2.45) is 5.10 Å². The largest absolute Gasteiger partial charge is 0.507 e. The van der Waals surface area contributed by atoms with Crippen LogP contribution in [-0.4, -0.2) is 23.4 Å². The van der Waals surface area contributed by atoms with E-state index in [0.717, 1.165) is 27.7 Å². The maximum Gasteiger partial charge on any atom is 0.203 e. The van der Waals surface area contributed by atoms with Gasteiger partial charge in [-0.25, -0.2) is 4.98 Å². The molecule has 0 fully saturated rings. The number of phenolic OH excluding ortho intramolecular Hbond substituents is 1. The number of thiazole rings is 1. The van der Waals surface area contributed by atoms with Gasteiger partial charge in [0.2, 0.25) is 5.13 Å². The van der Waals surface area contributed by atoms with E-state index in [1.54, 1.807) is 19.4 Å². The first kappa shape index (κ1) is 16.0. The highest BCUT2D eigenvalue weighted by Gasteiger charge is 2.04. The Kier molecular flexibility index (Phi) is 4.77. The van der Waals surface area contributed by atoms with E-state index in [2.05, 4.69) is 15.5 Å². The fraction of sp³-hybridized carbons (Fsp3) is 0.111. The Labute approximate surface area is 144 Å². The Balaban J connectivity index is 1.80. The maximum absolute atomic E-state index is 10.0. The number of nitrogens with one attached hydrogen (secondary N) is 1.